The Morgan fingerprint density at radius 1 is 1.35 bits per heavy atom. The quantitative estimate of drug-likeness (QED) is 0.602. The molecule has 17 heavy (non-hydrogen) atoms. The summed E-state index contributed by atoms with van der Waals surface area (Å²) < 4.78 is 5.62. The zero-order valence-corrected chi connectivity index (χ0v) is 11.7. The van der Waals surface area contributed by atoms with Crippen LogP contribution in [0.3, 0.4) is 0 Å². The summed E-state index contributed by atoms with van der Waals surface area (Å²) in [7, 11) is 4.15. The fraction of sp³-hybridized carbons (Fsp3) is 1.00. The number of rotatable bonds is 9. The molecule has 0 radical (unpaired) electrons. The van der Waals surface area contributed by atoms with Crippen molar-refractivity contribution in [1.82, 2.24) is 15.1 Å². The number of nitrogens with zero attached hydrogens (tertiary/aromatic N) is 2. The molecule has 0 amide bonds. The summed E-state index contributed by atoms with van der Waals surface area (Å²) in [6.45, 7) is 9.59. The third-order valence-corrected chi connectivity index (χ3v) is 3.19. The molecule has 1 saturated heterocycles. The van der Waals surface area contributed by atoms with Crippen LogP contribution < -0.4 is 5.32 Å². The van der Waals surface area contributed by atoms with E-state index in [1.54, 1.807) is 0 Å². The molecule has 0 spiro atoms. The summed E-state index contributed by atoms with van der Waals surface area (Å²) in [5, 5.41) is 3.59. The summed E-state index contributed by atoms with van der Waals surface area (Å²) in [6.07, 6.45) is 2.52. The van der Waals surface area contributed by atoms with Gasteiger partial charge in [-0.05, 0) is 40.0 Å². The van der Waals surface area contributed by atoms with E-state index in [2.05, 4.69) is 36.1 Å². The molecule has 1 atom stereocenters. The van der Waals surface area contributed by atoms with E-state index in [9.17, 15) is 0 Å². The lowest BCUT2D eigenvalue weighted by atomic mass is 10.2. The standard InChI is InChI=1S/C13H29N3O/c1-4-6-14-13-5-7-16(12-13)9-11-17-10-8-15(2)3/h13-14H,4-12H2,1-3H3. The third-order valence-electron chi connectivity index (χ3n) is 3.19. The summed E-state index contributed by atoms with van der Waals surface area (Å²) >= 11 is 0. The van der Waals surface area contributed by atoms with Crippen LogP contribution in [-0.4, -0.2) is 75.9 Å². The average molecular weight is 243 g/mol. The van der Waals surface area contributed by atoms with Crippen molar-refractivity contribution in [3.8, 4) is 0 Å². The number of hydrogen-bond acceptors (Lipinski definition) is 4. The number of hydrogen-bond donors (Lipinski definition) is 1. The lowest BCUT2D eigenvalue weighted by Crippen LogP contribution is -2.34. The molecule has 4 heteroatoms. The van der Waals surface area contributed by atoms with Gasteiger partial charge < -0.3 is 15.0 Å². The van der Waals surface area contributed by atoms with Gasteiger partial charge in [0.15, 0.2) is 0 Å². The van der Waals surface area contributed by atoms with Crippen molar-refractivity contribution in [3.05, 3.63) is 0 Å². The van der Waals surface area contributed by atoms with Gasteiger partial charge in [0.1, 0.15) is 0 Å². The van der Waals surface area contributed by atoms with Crippen LogP contribution in [0.2, 0.25) is 0 Å². The second-order valence-electron chi connectivity index (χ2n) is 5.16. The van der Waals surface area contributed by atoms with Crippen LogP contribution in [0.25, 0.3) is 0 Å². The monoisotopic (exact) mass is 243 g/mol. The molecule has 102 valence electrons. The smallest absolute Gasteiger partial charge is 0.0594 e. The molecular weight excluding hydrogens is 214 g/mol. The lowest BCUT2D eigenvalue weighted by molar-refractivity contribution is 0.0979. The van der Waals surface area contributed by atoms with Crippen molar-refractivity contribution in [2.24, 2.45) is 0 Å². The molecule has 4 nitrogen and oxygen atoms in total. The Morgan fingerprint density at radius 2 is 2.18 bits per heavy atom. The highest BCUT2D eigenvalue weighted by molar-refractivity contribution is 4.80. The minimum absolute atomic E-state index is 0.705. The molecule has 1 unspecified atom stereocenters. The Labute approximate surface area is 106 Å². The van der Waals surface area contributed by atoms with Crippen LogP contribution in [0.15, 0.2) is 0 Å². The van der Waals surface area contributed by atoms with Crippen molar-refractivity contribution < 1.29 is 4.74 Å². The van der Waals surface area contributed by atoms with E-state index in [1.165, 1.54) is 25.9 Å². The second kappa shape index (κ2) is 8.86. The zero-order valence-electron chi connectivity index (χ0n) is 11.7. The van der Waals surface area contributed by atoms with E-state index in [4.69, 9.17) is 4.74 Å². The van der Waals surface area contributed by atoms with Gasteiger partial charge in [-0.25, -0.2) is 0 Å². The van der Waals surface area contributed by atoms with Crippen LogP contribution in [0.1, 0.15) is 19.8 Å². The normalized spacial score (nSPS) is 21.5. The Bertz CT molecular complexity index is 188. The predicted octanol–water partition coefficient (Wildman–Crippen LogP) is 0.639. The molecule has 1 N–H and O–H groups in total. The maximum atomic E-state index is 5.62. The first-order valence-corrected chi connectivity index (χ1v) is 6.90. The van der Waals surface area contributed by atoms with E-state index in [1.807, 2.05) is 0 Å². The minimum Gasteiger partial charge on any atom is -0.379 e. The number of likely N-dealkylation sites (tertiary alicyclic amines) is 1. The van der Waals surface area contributed by atoms with Crippen LogP contribution in [-0.2, 0) is 4.74 Å². The zero-order chi connectivity index (χ0) is 12.5. The van der Waals surface area contributed by atoms with Gasteiger partial charge in [0.2, 0.25) is 0 Å². The molecule has 0 aromatic heterocycles. The van der Waals surface area contributed by atoms with E-state index in [-0.39, 0.29) is 0 Å². The molecule has 1 aliphatic rings. The number of likely N-dealkylation sites (N-methyl/N-ethyl adjacent to an activating group) is 1. The molecule has 0 aromatic carbocycles. The van der Waals surface area contributed by atoms with Crippen molar-refractivity contribution in [3.63, 3.8) is 0 Å². The van der Waals surface area contributed by atoms with Gasteiger partial charge in [0, 0.05) is 25.7 Å². The lowest BCUT2D eigenvalue weighted by Gasteiger charge is -2.17. The van der Waals surface area contributed by atoms with Crippen molar-refractivity contribution in [2.75, 3.05) is 60.0 Å². The molecule has 1 rings (SSSR count). The van der Waals surface area contributed by atoms with Gasteiger partial charge in [-0.3, -0.25) is 4.90 Å². The third kappa shape index (κ3) is 6.99. The summed E-state index contributed by atoms with van der Waals surface area (Å²) in [5.41, 5.74) is 0. The highest BCUT2D eigenvalue weighted by atomic mass is 16.5. The second-order valence-corrected chi connectivity index (χ2v) is 5.16. The Morgan fingerprint density at radius 3 is 2.88 bits per heavy atom. The van der Waals surface area contributed by atoms with E-state index >= 15 is 0 Å². The van der Waals surface area contributed by atoms with Crippen molar-refractivity contribution in [2.45, 2.75) is 25.8 Å². The largest absolute Gasteiger partial charge is 0.379 e. The van der Waals surface area contributed by atoms with Crippen molar-refractivity contribution in [1.29, 1.82) is 0 Å². The maximum Gasteiger partial charge on any atom is 0.0594 e. The Balaban J connectivity index is 1.94. The fourth-order valence-electron chi connectivity index (χ4n) is 2.09. The first-order chi connectivity index (χ1) is 8.22. The van der Waals surface area contributed by atoms with Crippen LogP contribution in [0.5, 0.6) is 0 Å². The van der Waals surface area contributed by atoms with E-state index < -0.39 is 0 Å². The predicted molar refractivity (Wildman–Crippen MR) is 72.5 cm³/mol. The number of ether oxygens (including phenoxy) is 1. The van der Waals surface area contributed by atoms with Gasteiger partial charge in [0.25, 0.3) is 0 Å². The Hall–Kier alpha value is -0.160. The van der Waals surface area contributed by atoms with Gasteiger partial charge in [-0.2, -0.15) is 0 Å². The SMILES string of the molecule is CCCNC1CCN(CCOCCN(C)C)C1. The first kappa shape index (κ1) is 14.9. The maximum absolute atomic E-state index is 5.62. The summed E-state index contributed by atoms with van der Waals surface area (Å²) in [4.78, 5) is 4.66. The number of nitrogens with one attached hydrogen (secondary N) is 1. The minimum atomic E-state index is 0.705. The van der Waals surface area contributed by atoms with Gasteiger partial charge in [-0.15, -0.1) is 0 Å². The highest BCUT2D eigenvalue weighted by Crippen LogP contribution is 2.08. The topological polar surface area (TPSA) is 27.7 Å². The average Bonchev–Trinajstić information content (AvgIpc) is 2.73. The first-order valence-electron chi connectivity index (χ1n) is 6.90. The molecule has 0 aromatic rings. The Kier molecular flexibility index (Phi) is 7.77. The molecule has 1 aliphatic heterocycles. The highest BCUT2D eigenvalue weighted by Gasteiger charge is 2.20. The molecule has 1 heterocycles. The molecule has 0 saturated carbocycles. The van der Waals surface area contributed by atoms with Crippen LogP contribution in [0, 0.1) is 0 Å². The van der Waals surface area contributed by atoms with Gasteiger partial charge in [-0.1, -0.05) is 6.92 Å². The molecule has 1 fully saturated rings. The van der Waals surface area contributed by atoms with E-state index in [0.717, 1.165) is 32.8 Å². The van der Waals surface area contributed by atoms with Crippen molar-refractivity contribution >= 4 is 0 Å². The molecule has 0 bridgehead atoms. The molecule has 0 aliphatic carbocycles. The molecular formula is C13H29N3O. The van der Waals surface area contributed by atoms with Crippen LogP contribution >= 0.6 is 0 Å². The van der Waals surface area contributed by atoms with Gasteiger partial charge in [0.05, 0.1) is 13.2 Å². The summed E-state index contributed by atoms with van der Waals surface area (Å²) in [6, 6.07) is 0.705. The summed E-state index contributed by atoms with van der Waals surface area (Å²) in [5.74, 6) is 0. The van der Waals surface area contributed by atoms with E-state index in [0.29, 0.717) is 6.04 Å². The van der Waals surface area contributed by atoms with Gasteiger partial charge >= 0.3 is 0 Å². The fourth-order valence-corrected chi connectivity index (χ4v) is 2.09. The van der Waals surface area contributed by atoms with Crippen LogP contribution in [0.4, 0.5) is 0 Å².